The van der Waals surface area contributed by atoms with Crippen molar-refractivity contribution in [2.75, 3.05) is 20.3 Å². The fourth-order valence-electron chi connectivity index (χ4n) is 5.07. The van der Waals surface area contributed by atoms with Crippen LogP contribution in [0.15, 0.2) is 29.3 Å². The molecule has 1 saturated carbocycles. The second-order valence-corrected chi connectivity index (χ2v) is 8.99. The van der Waals surface area contributed by atoms with Gasteiger partial charge < -0.3 is 20.1 Å². The van der Waals surface area contributed by atoms with Crippen molar-refractivity contribution < 1.29 is 9.47 Å². The standard InChI is InChI=1S/C25H37N5O2/c1-5-26-24(27-17-21-18(2)29-30(19(21)3)14-15-31-4)28-22-16-25(12-8-9-13-25)32-23-11-7-6-10-20(22)23/h6-7,10-11,22H,5,8-9,12-17H2,1-4H3,(H2,26,27,28). The SMILES string of the molecule is CCNC(=NCc1c(C)nn(CCOC)c1C)NC1CC2(CCCC2)Oc2ccccc21. The van der Waals surface area contributed by atoms with E-state index in [0.717, 1.165) is 55.4 Å². The molecule has 32 heavy (non-hydrogen) atoms. The number of rotatable bonds is 7. The summed E-state index contributed by atoms with van der Waals surface area (Å²) in [6.07, 6.45) is 5.73. The number of aliphatic imine (C=N–C) groups is 1. The van der Waals surface area contributed by atoms with Gasteiger partial charge >= 0.3 is 0 Å². The zero-order valence-corrected chi connectivity index (χ0v) is 19.9. The Kier molecular flexibility index (Phi) is 7.04. The molecule has 174 valence electrons. The lowest BCUT2D eigenvalue weighted by molar-refractivity contribution is 0.0396. The Morgan fingerprint density at radius 2 is 2.06 bits per heavy atom. The number of hydrogen-bond acceptors (Lipinski definition) is 4. The summed E-state index contributed by atoms with van der Waals surface area (Å²) >= 11 is 0. The van der Waals surface area contributed by atoms with E-state index >= 15 is 0 Å². The zero-order valence-electron chi connectivity index (χ0n) is 19.9. The first kappa shape index (κ1) is 22.6. The van der Waals surface area contributed by atoms with Crippen LogP contribution < -0.4 is 15.4 Å². The number of nitrogens with zero attached hydrogens (tertiary/aromatic N) is 3. The van der Waals surface area contributed by atoms with Crippen molar-refractivity contribution in [3.8, 4) is 5.75 Å². The van der Waals surface area contributed by atoms with Gasteiger partial charge in [0.2, 0.25) is 0 Å². The average Bonchev–Trinajstić information content (AvgIpc) is 3.34. The largest absolute Gasteiger partial charge is 0.487 e. The van der Waals surface area contributed by atoms with E-state index in [1.807, 2.05) is 4.68 Å². The summed E-state index contributed by atoms with van der Waals surface area (Å²) in [7, 11) is 1.72. The van der Waals surface area contributed by atoms with Crippen molar-refractivity contribution in [3.63, 3.8) is 0 Å². The second-order valence-electron chi connectivity index (χ2n) is 8.99. The van der Waals surface area contributed by atoms with Gasteiger partial charge in [0.15, 0.2) is 5.96 Å². The molecule has 1 fully saturated rings. The molecular formula is C25H37N5O2. The van der Waals surface area contributed by atoms with Gasteiger partial charge in [0, 0.05) is 36.9 Å². The number of guanidine groups is 1. The number of methoxy groups -OCH3 is 1. The Morgan fingerprint density at radius 1 is 1.28 bits per heavy atom. The van der Waals surface area contributed by atoms with Crippen LogP contribution in [0.4, 0.5) is 0 Å². The number of nitrogens with one attached hydrogen (secondary N) is 2. The highest BCUT2D eigenvalue weighted by atomic mass is 16.5. The van der Waals surface area contributed by atoms with E-state index < -0.39 is 0 Å². The number of aryl methyl sites for hydroxylation is 1. The molecule has 4 rings (SSSR count). The third-order valence-corrected chi connectivity index (χ3v) is 6.80. The summed E-state index contributed by atoms with van der Waals surface area (Å²) in [5, 5.41) is 11.8. The summed E-state index contributed by atoms with van der Waals surface area (Å²) in [6.45, 7) is 9.08. The van der Waals surface area contributed by atoms with Crippen molar-refractivity contribution in [2.45, 2.75) is 77.6 Å². The van der Waals surface area contributed by atoms with E-state index in [1.165, 1.54) is 24.0 Å². The van der Waals surface area contributed by atoms with Crippen LogP contribution in [0.3, 0.4) is 0 Å². The van der Waals surface area contributed by atoms with Crippen molar-refractivity contribution in [1.82, 2.24) is 20.4 Å². The minimum absolute atomic E-state index is 0.0426. The number of fused-ring (bicyclic) bond motifs is 1. The maximum atomic E-state index is 6.53. The Morgan fingerprint density at radius 3 is 2.81 bits per heavy atom. The molecule has 1 aliphatic carbocycles. The van der Waals surface area contributed by atoms with Crippen LogP contribution in [0.25, 0.3) is 0 Å². The minimum atomic E-state index is -0.0426. The smallest absolute Gasteiger partial charge is 0.192 e. The molecule has 0 radical (unpaired) electrons. The van der Waals surface area contributed by atoms with Gasteiger partial charge in [0.1, 0.15) is 11.4 Å². The Hall–Kier alpha value is -2.54. The maximum Gasteiger partial charge on any atom is 0.192 e. The normalized spacial score (nSPS) is 19.6. The van der Waals surface area contributed by atoms with E-state index in [2.05, 4.69) is 60.8 Å². The predicted molar refractivity (Wildman–Crippen MR) is 127 cm³/mol. The maximum absolute atomic E-state index is 6.53. The quantitative estimate of drug-likeness (QED) is 0.503. The first-order valence-corrected chi connectivity index (χ1v) is 11.9. The molecule has 1 aromatic carbocycles. The van der Waals surface area contributed by atoms with Gasteiger partial charge in [-0.1, -0.05) is 18.2 Å². The Labute approximate surface area is 191 Å². The topological polar surface area (TPSA) is 72.7 Å². The minimum Gasteiger partial charge on any atom is -0.487 e. The third kappa shape index (κ3) is 4.77. The average molecular weight is 440 g/mol. The molecule has 1 unspecified atom stereocenters. The van der Waals surface area contributed by atoms with Crippen LogP contribution in [0.1, 0.15) is 67.6 Å². The molecule has 0 bridgehead atoms. The van der Waals surface area contributed by atoms with Crippen LogP contribution in [0, 0.1) is 13.8 Å². The van der Waals surface area contributed by atoms with Gasteiger partial charge in [-0.2, -0.15) is 5.10 Å². The lowest BCUT2D eigenvalue weighted by atomic mass is 9.86. The highest BCUT2D eigenvalue weighted by Gasteiger charge is 2.43. The van der Waals surface area contributed by atoms with Crippen molar-refractivity contribution in [1.29, 1.82) is 0 Å². The fourth-order valence-corrected chi connectivity index (χ4v) is 5.07. The second kappa shape index (κ2) is 9.94. The van der Waals surface area contributed by atoms with Gasteiger partial charge in [-0.05, 0) is 52.5 Å². The van der Waals surface area contributed by atoms with Gasteiger partial charge in [-0.3, -0.25) is 4.68 Å². The van der Waals surface area contributed by atoms with E-state index in [-0.39, 0.29) is 11.6 Å². The summed E-state index contributed by atoms with van der Waals surface area (Å²) in [4.78, 5) is 4.95. The Bertz CT molecular complexity index is 946. The summed E-state index contributed by atoms with van der Waals surface area (Å²) in [5.41, 5.74) is 4.53. The summed E-state index contributed by atoms with van der Waals surface area (Å²) in [5.74, 6) is 1.85. The summed E-state index contributed by atoms with van der Waals surface area (Å²) in [6, 6.07) is 8.62. The van der Waals surface area contributed by atoms with E-state index in [0.29, 0.717) is 13.2 Å². The lowest BCUT2D eigenvalue weighted by Crippen LogP contribution is -2.46. The highest BCUT2D eigenvalue weighted by molar-refractivity contribution is 5.80. The number of ether oxygens (including phenoxy) is 2. The summed E-state index contributed by atoms with van der Waals surface area (Å²) < 4.78 is 13.8. The third-order valence-electron chi connectivity index (χ3n) is 6.80. The van der Waals surface area contributed by atoms with E-state index in [9.17, 15) is 0 Å². The molecule has 1 spiro atoms. The molecule has 2 N–H and O–H groups in total. The number of benzene rings is 1. The van der Waals surface area contributed by atoms with Crippen LogP contribution in [0.5, 0.6) is 5.75 Å². The molecule has 2 heterocycles. The number of aromatic nitrogens is 2. The first-order chi connectivity index (χ1) is 15.5. The molecule has 1 atom stereocenters. The van der Waals surface area contributed by atoms with Gasteiger partial charge in [-0.25, -0.2) is 4.99 Å². The lowest BCUT2D eigenvalue weighted by Gasteiger charge is -2.40. The molecular weight excluding hydrogens is 402 g/mol. The molecule has 1 aromatic heterocycles. The molecule has 2 aliphatic rings. The number of para-hydroxylation sites is 1. The zero-order chi connectivity index (χ0) is 22.6. The van der Waals surface area contributed by atoms with Crippen LogP contribution in [0.2, 0.25) is 0 Å². The molecule has 2 aromatic rings. The van der Waals surface area contributed by atoms with E-state index in [4.69, 9.17) is 14.5 Å². The molecule has 1 aliphatic heterocycles. The monoisotopic (exact) mass is 439 g/mol. The van der Waals surface area contributed by atoms with Gasteiger partial charge in [0.05, 0.1) is 31.4 Å². The van der Waals surface area contributed by atoms with Crippen LogP contribution >= 0.6 is 0 Å². The van der Waals surface area contributed by atoms with Crippen LogP contribution in [-0.4, -0.2) is 41.6 Å². The van der Waals surface area contributed by atoms with Gasteiger partial charge in [-0.15, -0.1) is 0 Å². The van der Waals surface area contributed by atoms with E-state index in [1.54, 1.807) is 7.11 Å². The van der Waals surface area contributed by atoms with Crippen LogP contribution in [-0.2, 0) is 17.8 Å². The molecule has 0 saturated heterocycles. The molecule has 0 amide bonds. The Balaban J connectivity index is 1.54. The first-order valence-electron chi connectivity index (χ1n) is 11.9. The van der Waals surface area contributed by atoms with Crippen molar-refractivity contribution in [3.05, 3.63) is 46.8 Å². The van der Waals surface area contributed by atoms with Crippen molar-refractivity contribution in [2.24, 2.45) is 4.99 Å². The van der Waals surface area contributed by atoms with Crippen molar-refractivity contribution >= 4 is 5.96 Å². The highest BCUT2D eigenvalue weighted by Crippen LogP contribution is 2.46. The fraction of sp³-hybridized carbons (Fsp3) is 0.600. The van der Waals surface area contributed by atoms with Gasteiger partial charge in [0.25, 0.3) is 0 Å². The number of hydrogen-bond donors (Lipinski definition) is 2. The molecule has 7 nitrogen and oxygen atoms in total. The predicted octanol–water partition coefficient (Wildman–Crippen LogP) is 4.04. The molecule has 7 heteroatoms.